The number of nitrogens with zero attached hydrogens (tertiary/aromatic N) is 1. The number of hydrogen-bond acceptors (Lipinski definition) is 2. The average molecular weight is 238 g/mol. The number of nitrogens with one attached hydrogen (secondary N) is 1. The summed E-state index contributed by atoms with van der Waals surface area (Å²) in [5.74, 6) is 0.353. The molecule has 2 fully saturated rings. The first-order chi connectivity index (χ1) is 8.20. The maximum absolute atomic E-state index is 12.6. The summed E-state index contributed by atoms with van der Waals surface area (Å²) < 4.78 is 0. The highest BCUT2D eigenvalue weighted by Gasteiger charge is 2.33. The Morgan fingerprint density at radius 3 is 2.41 bits per heavy atom. The number of rotatable bonds is 1. The Morgan fingerprint density at radius 1 is 1.00 bits per heavy atom. The summed E-state index contributed by atoms with van der Waals surface area (Å²) in [6.07, 6.45) is 8.31. The van der Waals surface area contributed by atoms with Crippen LogP contribution >= 0.6 is 0 Å². The quantitative estimate of drug-likeness (QED) is 0.760. The van der Waals surface area contributed by atoms with Crippen LogP contribution in [-0.2, 0) is 4.79 Å². The summed E-state index contributed by atoms with van der Waals surface area (Å²) in [4.78, 5) is 14.7. The molecule has 2 aliphatic heterocycles. The Labute approximate surface area is 105 Å². The van der Waals surface area contributed by atoms with Crippen LogP contribution in [0.2, 0.25) is 0 Å². The molecule has 0 aromatic heterocycles. The van der Waals surface area contributed by atoms with Gasteiger partial charge in [-0.1, -0.05) is 12.8 Å². The van der Waals surface area contributed by atoms with Crippen LogP contribution in [0.1, 0.15) is 58.8 Å². The van der Waals surface area contributed by atoms with Gasteiger partial charge in [-0.3, -0.25) is 4.79 Å². The van der Waals surface area contributed by atoms with Crippen molar-refractivity contribution < 1.29 is 4.79 Å². The van der Waals surface area contributed by atoms with Gasteiger partial charge in [-0.2, -0.15) is 0 Å². The van der Waals surface area contributed by atoms with Crippen molar-refractivity contribution in [2.45, 2.75) is 76.9 Å². The van der Waals surface area contributed by atoms with E-state index < -0.39 is 0 Å². The van der Waals surface area contributed by atoms with Crippen molar-refractivity contribution in [3.63, 3.8) is 0 Å². The van der Waals surface area contributed by atoms with Gasteiger partial charge in [0.05, 0.1) is 6.04 Å². The van der Waals surface area contributed by atoms with Crippen molar-refractivity contribution >= 4 is 5.91 Å². The van der Waals surface area contributed by atoms with E-state index in [0.717, 1.165) is 13.0 Å². The molecule has 3 atom stereocenters. The number of carbonyl (C=O) groups excluding carboxylic acids is 1. The zero-order valence-electron chi connectivity index (χ0n) is 11.2. The lowest BCUT2D eigenvalue weighted by molar-refractivity contribution is -0.139. The third-order valence-electron chi connectivity index (χ3n) is 4.31. The molecule has 0 radical (unpaired) electrons. The zero-order valence-corrected chi connectivity index (χ0v) is 11.2. The number of hydrogen-bond donors (Lipinski definition) is 1. The lowest BCUT2D eigenvalue weighted by atomic mass is 9.96. The van der Waals surface area contributed by atoms with E-state index >= 15 is 0 Å². The summed E-state index contributed by atoms with van der Waals surface area (Å²) >= 11 is 0. The Hall–Kier alpha value is -0.570. The fraction of sp³-hybridized carbons (Fsp3) is 0.929. The molecule has 2 heterocycles. The first-order valence-electron chi connectivity index (χ1n) is 7.25. The van der Waals surface area contributed by atoms with Gasteiger partial charge in [0.25, 0.3) is 0 Å². The van der Waals surface area contributed by atoms with E-state index in [1.165, 1.54) is 38.5 Å². The predicted molar refractivity (Wildman–Crippen MR) is 69.9 cm³/mol. The van der Waals surface area contributed by atoms with Crippen molar-refractivity contribution in [2.75, 3.05) is 6.54 Å². The van der Waals surface area contributed by atoms with Gasteiger partial charge < -0.3 is 10.2 Å². The standard InChI is InChI=1S/C14H26N2O/c1-11-7-6-8-12(2)16(11)14(17)13-9-4-3-5-10-15-13/h11-13,15H,3-10H2,1-2H3. The molecule has 3 nitrogen and oxygen atoms in total. The molecular formula is C14H26N2O. The van der Waals surface area contributed by atoms with Crippen molar-refractivity contribution in [3.05, 3.63) is 0 Å². The van der Waals surface area contributed by atoms with Crippen molar-refractivity contribution in [2.24, 2.45) is 0 Å². The molecule has 0 bridgehead atoms. The number of likely N-dealkylation sites (tertiary alicyclic amines) is 1. The van der Waals surface area contributed by atoms with Crippen molar-refractivity contribution in [3.8, 4) is 0 Å². The zero-order chi connectivity index (χ0) is 12.3. The first kappa shape index (κ1) is 12.9. The van der Waals surface area contributed by atoms with Gasteiger partial charge in [-0.25, -0.2) is 0 Å². The van der Waals surface area contributed by atoms with E-state index in [4.69, 9.17) is 0 Å². The summed E-state index contributed by atoms with van der Waals surface area (Å²) in [7, 11) is 0. The van der Waals surface area contributed by atoms with Gasteiger partial charge in [0.15, 0.2) is 0 Å². The minimum atomic E-state index is 0.0838. The Balaban J connectivity index is 2.01. The van der Waals surface area contributed by atoms with Crippen LogP contribution in [0.15, 0.2) is 0 Å². The highest BCUT2D eigenvalue weighted by atomic mass is 16.2. The summed E-state index contributed by atoms with van der Waals surface area (Å²) in [5.41, 5.74) is 0. The predicted octanol–water partition coefficient (Wildman–Crippen LogP) is 2.31. The molecule has 17 heavy (non-hydrogen) atoms. The van der Waals surface area contributed by atoms with E-state index in [1.807, 2.05) is 0 Å². The second-order valence-electron chi connectivity index (χ2n) is 5.73. The second-order valence-corrected chi connectivity index (χ2v) is 5.73. The van der Waals surface area contributed by atoms with Crippen LogP contribution in [-0.4, -0.2) is 35.5 Å². The first-order valence-corrected chi connectivity index (χ1v) is 7.25. The van der Waals surface area contributed by atoms with Crippen LogP contribution in [0.3, 0.4) is 0 Å². The molecule has 3 unspecified atom stereocenters. The number of piperidine rings is 1. The molecule has 0 aromatic carbocycles. The third kappa shape index (κ3) is 3.01. The maximum atomic E-state index is 12.6. The molecule has 2 rings (SSSR count). The smallest absolute Gasteiger partial charge is 0.240 e. The molecule has 2 aliphatic rings. The lowest BCUT2D eigenvalue weighted by Crippen LogP contribution is -2.54. The van der Waals surface area contributed by atoms with Crippen LogP contribution in [0.4, 0.5) is 0 Å². The third-order valence-corrected chi connectivity index (χ3v) is 4.31. The normalized spacial score (nSPS) is 35.4. The van der Waals surface area contributed by atoms with Gasteiger partial charge in [0.2, 0.25) is 5.91 Å². The van der Waals surface area contributed by atoms with E-state index in [2.05, 4.69) is 24.1 Å². The van der Waals surface area contributed by atoms with Gasteiger partial charge in [-0.15, -0.1) is 0 Å². The molecule has 0 saturated carbocycles. The molecule has 1 amide bonds. The minimum Gasteiger partial charge on any atom is -0.336 e. The Bertz CT molecular complexity index is 249. The minimum absolute atomic E-state index is 0.0838. The molecule has 0 spiro atoms. The molecule has 2 saturated heterocycles. The molecule has 0 aliphatic carbocycles. The van der Waals surface area contributed by atoms with Crippen molar-refractivity contribution in [1.29, 1.82) is 0 Å². The largest absolute Gasteiger partial charge is 0.336 e. The molecule has 3 heteroatoms. The van der Waals surface area contributed by atoms with Gasteiger partial charge in [-0.05, 0) is 52.5 Å². The van der Waals surface area contributed by atoms with E-state index in [-0.39, 0.29) is 6.04 Å². The van der Waals surface area contributed by atoms with Crippen molar-refractivity contribution in [1.82, 2.24) is 10.2 Å². The van der Waals surface area contributed by atoms with E-state index in [1.54, 1.807) is 0 Å². The Kier molecular flexibility index (Phi) is 4.43. The molecule has 1 N–H and O–H groups in total. The van der Waals surface area contributed by atoms with Gasteiger partial charge >= 0.3 is 0 Å². The molecule has 98 valence electrons. The average Bonchev–Trinajstić information content (AvgIpc) is 2.57. The fourth-order valence-electron chi connectivity index (χ4n) is 3.28. The van der Waals surface area contributed by atoms with Crippen LogP contribution in [0.25, 0.3) is 0 Å². The number of carbonyl (C=O) groups is 1. The SMILES string of the molecule is CC1CCCC(C)N1C(=O)C1CCCCCN1. The maximum Gasteiger partial charge on any atom is 0.240 e. The van der Waals surface area contributed by atoms with E-state index in [9.17, 15) is 4.79 Å². The highest BCUT2D eigenvalue weighted by molar-refractivity contribution is 5.82. The monoisotopic (exact) mass is 238 g/mol. The fourth-order valence-corrected chi connectivity index (χ4v) is 3.28. The second kappa shape index (κ2) is 5.85. The number of amides is 1. The Morgan fingerprint density at radius 2 is 1.71 bits per heavy atom. The summed E-state index contributed by atoms with van der Waals surface area (Å²) in [5, 5.41) is 3.43. The van der Waals surface area contributed by atoms with Gasteiger partial charge in [0, 0.05) is 12.1 Å². The summed E-state index contributed by atoms with van der Waals surface area (Å²) in [6.45, 7) is 5.40. The highest BCUT2D eigenvalue weighted by Crippen LogP contribution is 2.24. The van der Waals surface area contributed by atoms with E-state index in [0.29, 0.717) is 18.0 Å². The molecule has 0 aromatic rings. The van der Waals surface area contributed by atoms with Crippen LogP contribution < -0.4 is 5.32 Å². The lowest BCUT2D eigenvalue weighted by Gasteiger charge is -2.41. The van der Waals surface area contributed by atoms with Crippen LogP contribution in [0.5, 0.6) is 0 Å². The van der Waals surface area contributed by atoms with Crippen LogP contribution in [0, 0.1) is 0 Å². The topological polar surface area (TPSA) is 32.3 Å². The summed E-state index contributed by atoms with van der Waals surface area (Å²) in [6, 6.07) is 0.938. The van der Waals surface area contributed by atoms with Gasteiger partial charge in [0.1, 0.15) is 0 Å². The molecular weight excluding hydrogens is 212 g/mol.